The van der Waals surface area contributed by atoms with Crippen LogP contribution in [0.5, 0.6) is 0 Å². The average Bonchev–Trinajstić information content (AvgIpc) is 2.77. The number of nitrogens with zero attached hydrogens (tertiary/aromatic N) is 4. The van der Waals surface area contributed by atoms with E-state index in [-0.39, 0.29) is 46.6 Å². The van der Waals surface area contributed by atoms with Crippen LogP contribution in [-0.4, -0.2) is 22.8 Å². The van der Waals surface area contributed by atoms with Crippen molar-refractivity contribution < 1.29 is 52.4 Å². The quantitative estimate of drug-likeness (QED) is 0.0891. The molecule has 0 heterocycles. The van der Waals surface area contributed by atoms with Crippen molar-refractivity contribution in [2.24, 2.45) is 10.2 Å². The van der Waals surface area contributed by atoms with Crippen LogP contribution in [0.15, 0.2) is 73.2 Å². The predicted octanol–water partition coefficient (Wildman–Crippen LogP) is -3.56. The van der Waals surface area contributed by atoms with Crippen LogP contribution in [0.2, 0.25) is 0 Å². The fourth-order valence-corrected chi connectivity index (χ4v) is 3.34. The first-order valence-electron chi connectivity index (χ1n) is 9.11. The summed E-state index contributed by atoms with van der Waals surface area (Å²) in [5, 5.41) is 28.0. The molecule has 0 bridgehead atoms. The zero-order valence-corrected chi connectivity index (χ0v) is 20.9. The largest absolute Gasteiger partial charge is 1.00 e. The summed E-state index contributed by atoms with van der Waals surface area (Å²) < 4.78 is 34.4. The monoisotopic (exact) mass is 525 g/mol. The third kappa shape index (κ3) is 6.34. The van der Waals surface area contributed by atoms with Crippen LogP contribution in [0.25, 0.3) is 0 Å². The number of rotatable bonds is 7. The standard InChI is InChI=1S/C18H13N7O9S.Na/c19-11-7-9(1-5-14(11)25(30)31)20-23-17-15(26)6-4-13(18(17)27)22-21-12-3-2-10(24(28)29)8-16(12)35(32,33)34;/h1-8,20-21H,19H2,(H,32,33,34);/q;+1/p-1. The van der Waals surface area contributed by atoms with Crippen molar-refractivity contribution in [2.75, 3.05) is 16.6 Å². The van der Waals surface area contributed by atoms with E-state index in [1.54, 1.807) is 0 Å². The summed E-state index contributed by atoms with van der Waals surface area (Å²) in [5.74, 6) is 0. The van der Waals surface area contributed by atoms with E-state index in [0.29, 0.717) is 6.07 Å². The van der Waals surface area contributed by atoms with Gasteiger partial charge in [-0.3, -0.25) is 40.7 Å². The smallest absolute Gasteiger partial charge is 0.744 e. The van der Waals surface area contributed by atoms with Gasteiger partial charge >= 0.3 is 29.6 Å². The van der Waals surface area contributed by atoms with Crippen LogP contribution in [0, 0.1) is 20.2 Å². The summed E-state index contributed by atoms with van der Waals surface area (Å²) >= 11 is 0. The first kappa shape index (κ1) is 28.2. The number of hydrogen-bond acceptors (Lipinski definition) is 14. The molecule has 36 heavy (non-hydrogen) atoms. The van der Waals surface area contributed by atoms with E-state index in [0.717, 1.165) is 36.4 Å². The second kappa shape index (κ2) is 11.1. The maximum atomic E-state index is 12.6. The molecule has 3 aromatic carbocycles. The van der Waals surface area contributed by atoms with Crippen LogP contribution in [0.3, 0.4) is 0 Å². The molecule has 0 aliphatic heterocycles. The SMILES string of the molecule is Nc1cc(NN=c2c(=O)ccc(=NNc3ccc([N+](=O)[O-])cc3S(=O)(=O)[O-])c2=O)ccc1[N+](=O)[O-].[Na+]. The first-order chi connectivity index (χ1) is 16.4. The van der Waals surface area contributed by atoms with Crippen molar-refractivity contribution in [3.8, 4) is 0 Å². The molecule has 0 saturated heterocycles. The van der Waals surface area contributed by atoms with E-state index in [2.05, 4.69) is 21.1 Å². The molecule has 0 unspecified atom stereocenters. The van der Waals surface area contributed by atoms with Gasteiger partial charge in [0.15, 0.2) is 5.36 Å². The Morgan fingerprint density at radius 3 is 2.17 bits per heavy atom. The fourth-order valence-electron chi connectivity index (χ4n) is 2.69. The van der Waals surface area contributed by atoms with Crippen LogP contribution in [-0.2, 0) is 10.1 Å². The van der Waals surface area contributed by atoms with Gasteiger partial charge in [-0.1, -0.05) is 0 Å². The zero-order chi connectivity index (χ0) is 25.9. The molecule has 0 saturated carbocycles. The van der Waals surface area contributed by atoms with Gasteiger partial charge in [-0.15, -0.1) is 0 Å². The molecule has 3 aromatic rings. The van der Waals surface area contributed by atoms with Gasteiger partial charge in [0.1, 0.15) is 21.2 Å². The maximum absolute atomic E-state index is 12.6. The molecular formula is C18H12N7NaO9S. The Bertz CT molecular complexity index is 1700. The normalized spacial score (nSPS) is 12.0. The van der Waals surface area contributed by atoms with Gasteiger partial charge < -0.3 is 10.3 Å². The summed E-state index contributed by atoms with van der Waals surface area (Å²) in [4.78, 5) is 43.8. The fraction of sp³-hybridized carbons (Fsp3) is 0. The third-order valence-corrected chi connectivity index (χ3v) is 5.21. The van der Waals surface area contributed by atoms with E-state index in [4.69, 9.17) is 5.73 Å². The molecule has 0 aromatic heterocycles. The van der Waals surface area contributed by atoms with E-state index >= 15 is 0 Å². The molecule has 3 rings (SSSR count). The summed E-state index contributed by atoms with van der Waals surface area (Å²) in [7, 11) is -5.16. The number of nitrogens with one attached hydrogen (secondary N) is 2. The van der Waals surface area contributed by atoms with Crippen LogP contribution in [0.1, 0.15) is 0 Å². The molecule has 0 atom stereocenters. The summed E-state index contributed by atoms with van der Waals surface area (Å²) in [5.41, 5.74) is 6.76. The topological polar surface area (TPSA) is 252 Å². The van der Waals surface area contributed by atoms with Gasteiger partial charge in [0.2, 0.25) is 10.9 Å². The van der Waals surface area contributed by atoms with Crippen molar-refractivity contribution in [1.82, 2.24) is 0 Å². The number of hydrogen-bond donors (Lipinski definition) is 3. The molecule has 4 N–H and O–H groups in total. The molecule has 0 spiro atoms. The minimum Gasteiger partial charge on any atom is -0.744 e. The number of non-ortho nitro benzene ring substituents is 1. The predicted molar refractivity (Wildman–Crippen MR) is 118 cm³/mol. The molecule has 0 radical (unpaired) electrons. The van der Waals surface area contributed by atoms with Gasteiger partial charge in [0.05, 0.1) is 26.1 Å². The summed E-state index contributed by atoms with van der Waals surface area (Å²) in [6, 6.07) is 7.76. The minimum atomic E-state index is -5.16. The first-order valence-corrected chi connectivity index (χ1v) is 10.5. The maximum Gasteiger partial charge on any atom is 1.00 e. The van der Waals surface area contributed by atoms with Crippen LogP contribution < -0.4 is 67.7 Å². The van der Waals surface area contributed by atoms with Gasteiger partial charge in [-0.2, -0.15) is 10.2 Å². The van der Waals surface area contributed by atoms with Gasteiger partial charge in [0, 0.05) is 18.2 Å². The Morgan fingerprint density at radius 1 is 0.889 bits per heavy atom. The van der Waals surface area contributed by atoms with E-state index in [1.165, 1.54) is 6.07 Å². The van der Waals surface area contributed by atoms with E-state index < -0.39 is 57.8 Å². The molecular weight excluding hydrogens is 513 g/mol. The van der Waals surface area contributed by atoms with Gasteiger partial charge in [0.25, 0.3) is 11.4 Å². The number of nitrogen functional groups attached to an aromatic ring is 1. The third-order valence-electron chi connectivity index (χ3n) is 4.34. The van der Waals surface area contributed by atoms with Crippen LogP contribution >= 0.6 is 0 Å². The molecule has 180 valence electrons. The molecule has 18 heteroatoms. The second-order valence-electron chi connectivity index (χ2n) is 6.63. The van der Waals surface area contributed by atoms with E-state index in [9.17, 15) is 42.8 Å². The van der Waals surface area contributed by atoms with Crippen molar-refractivity contribution in [2.45, 2.75) is 4.90 Å². The molecule has 16 nitrogen and oxygen atoms in total. The minimum absolute atomic E-state index is 0. The molecule has 0 aliphatic carbocycles. The van der Waals surface area contributed by atoms with Crippen molar-refractivity contribution >= 4 is 38.6 Å². The number of benzene rings is 3. The Balaban J connectivity index is 0.00000456. The van der Waals surface area contributed by atoms with Gasteiger partial charge in [-0.25, -0.2) is 8.42 Å². The van der Waals surface area contributed by atoms with Crippen LogP contribution in [0.4, 0.5) is 28.4 Å². The van der Waals surface area contributed by atoms with Crippen molar-refractivity contribution in [3.05, 3.63) is 99.9 Å². The zero-order valence-electron chi connectivity index (χ0n) is 18.1. The number of nitro groups is 2. The van der Waals surface area contributed by atoms with Crippen molar-refractivity contribution in [1.29, 1.82) is 0 Å². The Hall–Kier alpha value is -4.03. The number of nitrogens with two attached hydrogens (primary N) is 1. The van der Waals surface area contributed by atoms with Gasteiger partial charge in [-0.05, 0) is 30.3 Å². The van der Waals surface area contributed by atoms with E-state index in [1.807, 2.05) is 0 Å². The Kier molecular flexibility index (Phi) is 8.73. The second-order valence-corrected chi connectivity index (χ2v) is 7.98. The summed E-state index contributed by atoms with van der Waals surface area (Å²) in [6.45, 7) is 0. The average molecular weight is 525 g/mol. The Morgan fingerprint density at radius 2 is 1.58 bits per heavy atom. The number of anilines is 3. The number of nitro benzene ring substituents is 2. The Labute approximate surface area is 221 Å². The molecule has 0 aliphatic rings. The van der Waals surface area contributed by atoms with Crippen molar-refractivity contribution in [3.63, 3.8) is 0 Å². The summed E-state index contributed by atoms with van der Waals surface area (Å²) in [6.07, 6.45) is 0. The molecule has 0 amide bonds. The molecule has 0 fully saturated rings.